The van der Waals surface area contributed by atoms with Gasteiger partial charge in [-0.25, -0.2) is 0 Å². The van der Waals surface area contributed by atoms with E-state index in [1.165, 1.54) is 0 Å². The molecule has 15 heavy (non-hydrogen) atoms. The van der Waals surface area contributed by atoms with E-state index in [4.69, 9.17) is 4.74 Å². The lowest BCUT2D eigenvalue weighted by atomic mass is 10.0. The molecule has 0 aliphatic carbocycles. The molecule has 1 fully saturated rings. The Labute approximate surface area is 97.5 Å². The van der Waals surface area contributed by atoms with Crippen LogP contribution in [0.3, 0.4) is 0 Å². The standard InChI is InChI=1S/C10H20N2O2.ClH/c1-3-9(7-14-4-2)12-10(13)8-5-11-6-8;/h8-9,11H,3-7H2,1-2H3,(H,12,13);1H/t9-;/m1./s1. The van der Waals surface area contributed by atoms with Crippen molar-refractivity contribution in [2.75, 3.05) is 26.3 Å². The van der Waals surface area contributed by atoms with Crippen LogP contribution in [0.4, 0.5) is 0 Å². The van der Waals surface area contributed by atoms with Gasteiger partial charge in [-0.05, 0) is 13.3 Å². The molecular formula is C10H21ClN2O2. The highest BCUT2D eigenvalue weighted by Crippen LogP contribution is 2.03. The van der Waals surface area contributed by atoms with Gasteiger partial charge in [0.15, 0.2) is 0 Å². The number of halogens is 1. The Morgan fingerprint density at radius 2 is 2.20 bits per heavy atom. The molecule has 1 heterocycles. The summed E-state index contributed by atoms with van der Waals surface area (Å²) in [6.07, 6.45) is 0.923. The SMILES string of the molecule is CCOC[C@@H](CC)NC(=O)C1CNC1.Cl. The topological polar surface area (TPSA) is 50.4 Å². The first-order chi connectivity index (χ1) is 6.77. The van der Waals surface area contributed by atoms with E-state index in [2.05, 4.69) is 17.6 Å². The smallest absolute Gasteiger partial charge is 0.225 e. The Kier molecular flexibility index (Phi) is 7.74. The molecule has 0 aromatic heterocycles. The summed E-state index contributed by atoms with van der Waals surface area (Å²) < 4.78 is 5.29. The quantitative estimate of drug-likeness (QED) is 0.709. The van der Waals surface area contributed by atoms with Gasteiger partial charge < -0.3 is 15.4 Å². The molecule has 1 saturated heterocycles. The Bertz CT molecular complexity index is 186. The van der Waals surface area contributed by atoms with Crippen molar-refractivity contribution in [3.05, 3.63) is 0 Å². The maximum Gasteiger partial charge on any atom is 0.225 e. The number of carbonyl (C=O) groups excluding carboxylic acids is 1. The Hall–Kier alpha value is -0.320. The molecule has 0 aromatic rings. The van der Waals surface area contributed by atoms with E-state index in [1.807, 2.05) is 6.92 Å². The minimum atomic E-state index is 0. The predicted octanol–water partition coefficient (Wildman–Crippen LogP) is 0.559. The number of ether oxygens (including phenoxy) is 1. The molecule has 0 bridgehead atoms. The average molecular weight is 237 g/mol. The van der Waals surface area contributed by atoms with Crippen molar-refractivity contribution in [1.82, 2.24) is 10.6 Å². The van der Waals surface area contributed by atoms with Crippen molar-refractivity contribution in [2.45, 2.75) is 26.3 Å². The summed E-state index contributed by atoms with van der Waals surface area (Å²) >= 11 is 0. The number of amides is 1. The van der Waals surface area contributed by atoms with Gasteiger partial charge in [0.2, 0.25) is 5.91 Å². The summed E-state index contributed by atoms with van der Waals surface area (Å²) in [5.74, 6) is 0.334. The summed E-state index contributed by atoms with van der Waals surface area (Å²) in [6, 6.07) is 0.169. The fourth-order valence-corrected chi connectivity index (χ4v) is 1.31. The molecule has 1 aliphatic heterocycles. The van der Waals surface area contributed by atoms with E-state index in [-0.39, 0.29) is 30.3 Å². The maximum absolute atomic E-state index is 11.6. The molecule has 1 aliphatic rings. The predicted molar refractivity (Wildman–Crippen MR) is 62.3 cm³/mol. The molecule has 90 valence electrons. The molecular weight excluding hydrogens is 216 g/mol. The second-order valence-electron chi connectivity index (χ2n) is 3.63. The van der Waals surface area contributed by atoms with Gasteiger partial charge in [-0.3, -0.25) is 4.79 Å². The zero-order chi connectivity index (χ0) is 10.4. The van der Waals surface area contributed by atoms with Crippen molar-refractivity contribution in [3.8, 4) is 0 Å². The third-order valence-corrected chi connectivity index (χ3v) is 2.51. The van der Waals surface area contributed by atoms with Crippen LogP contribution in [0.5, 0.6) is 0 Å². The van der Waals surface area contributed by atoms with Crippen LogP contribution in [0.15, 0.2) is 0 Å². The summed E-state index contributed by atoms with van der Waals surface area (Å²) in [6.45, 7) is 6.98. The van der Waals surface area contributed by atoms with Gasteiger partial charge in [-0.15, -0.1) is 12.4 Å². The van der Waals surface area contributed by atoms with Crippen LogP contribution in [0, 0.1) is 5.92 Å². The van der Waals surface area contributed by atoms with Crippen LogP contribution < -0.4 is 10.6 Å². The second-order valence-corrected chi connectivity index (χ2v) is 3.63. The summed E-state index contributed by atoms with van der Waals surface area (Å²) in [4.78, 5) is 11.6. The largest absolute Gasteiger partial charge is 0.380 e. The second kappa shape index (κ2) is 7.91. The van der Waals surface area contributed by atoms with Gasteiger partial charge in [0.25, 0.3) is 0 Å². The normalized spacial score (nSPS) is 17.5. The maximum atomic E-state index is 11.6. The molecule has 0 radical (unpaired) electrons. The van der Waals surface area contributed by atoms with Crippen molar-refractivity contribution >= 4 is 18.3 Å². The molecule has 1 amide bonds. The van der Waals surface area contributed by atoms with Crippen molar-refractivity contribution < 1.29 is 9.53 Å². The fourth-order valence-electron chi connectivity index (χ4n) is 1.31. The Morgan fingerprint density at radius 3 is 2.60 bits per heavy atom. The van der Waals surface area contributed by atoms with Crippen LogP contribution in [0.25, 0.3) is 0 Å². The molecule has 1 rings (SSSR count). The number of hydrogen-bond acceptors (Lipinski definition) is 3. The lowest BCUT2D eigenvalue weighted by Crippen LogP contribution is -2.53. The van der Waals surface area contributed by atoms with Gasteiger partial charge >= 0.3 is 0 Å². The van der Waals surface area contributed by atoms with Crippen LogP contribution in [0.2, 0.25) is 0 Å². The lowest BCUT2D eigenvalue weighted by molar-refractivity contribution is -0.127. The minimum Gasteiger partial charge on any atom is -0.380 e. The Morgan fingerprint density at radius 1 is 1.53 bits per heavy atom. The van der Waals surface area contributed by atoms with E-state index < -0.39 is 0 Å². The van der Waals surface area contributed by atoms with E-state index >= 15 is 0 Å². The fraction of sp³-hybridized carbons (Fsp3) is 0.900. The van der Waals surface area contributed by atoms with E-state index in [9.17, 15) is 4.79 Å². The molecule has 0 saturated carbocycles. The van der Waals surface area contributed by atoms with Crippen LogP contribution >= 0.6 is 12.4 Å². The van der Waals surface area contributed by atoms with Crippen molar-refractivity contribution in [2.24, 2.45) is 5.92 Å². The van der Waals surface area contributed by atoms with Crippen LogP contribution in [-0.2, 0) is 9.53 Å². The molecule has 0 aromatic carbocycles. The highest BCUT2D eigenvalue weighted by Gasteiger charge is 2.26. The summed E-state index contributed by atoms with van der Waals surface area (Å²) in [7, 11) is 0. The van der Waals surface area contributed by atoms with E-state index in [0.717, 1.165) is 19.5 Å². The molecule has 2 N–H and O–H groups in total. The zero-order valence-electron chi connectivity index (χ0n) is 9.41. The first-order valence-electron chi connectivity index (χ1n) is 5.36. The monoisotopic (exact) mass is 236 g/mol. The molecule has 0 unspecified atom stereocenters. The van der Waals surface area contributed by atoms with E-state index in [1.54, 1.807) is 0 Å². The third kappa shape index (κ3) is 4.82. The first-order valence-corrected chi connectivity index (χ1v) is 5.36. The van der Waals surface area contributed by atoms with E-state index in [0.29, 0.717) is 13.2 Å². The third-order valence-electron chi connectivity index (χ3n) is 2.51. The minimum absolute atomic E-state index is 0. The van der Waals surface area contributed by atoms with Gasteiger partial charge in [-0.1, -0.05) is 6.92 Å². The van der Waals surface area contributed by atoms with Gasteiger partial charge in [-0.2, -0.15) is 0 Å². The molecule has 0 spiro atoms. The molecule has 1 atom stereocenters. The molecule has 5 heteroatoms. The number of carbonyl (C=O) groups is 1. The van der Waals surface area contributed by atoms with Crippen molar-refractivity contribution in [1.29, 1.82) is 0 Å². The summed E-state index contributed by atoms with van der Waals surface area (Å²) in [5, 5.41) is 6.08. The average Bonchev–Trinajstić information content (AvgIpc) is 2.09. The summed E-state index contributed by atoms with van der Waals surface area (Å²) in [5.41, 5.74) is 0. The highest BCUT2D eigenvalue weighted by molar-refractivity contribution is 5.85. The number of rotatable bonds is 6. The molecule has 4 nitrogen and oxygen atoms in total. The van der Waals surface area contributed by atoms with Gasteiger partial charge in [0.1, 0.15) is 0 Å². The van der Waals surface area contributed by atoms with Crippen LogP contribution in [0.1, 0.15) is 20.3 Å². The van der Waals surface area contributed by atoms with Gasteiger partial charge in [0, 0.05) is 19.7 Å². The Balaban J connectivity index is 0.00000196. The zero-order valence-corrected chi connectivity index (χ0v) is 10.2. The van der Waals surface area contributed by atoms with Crippen LogP contribution in [-0.4, -0.2) is 38.3 Å². The number of nitrogens with one attached hydrogen (secondary N) is 2. The van der Waals surface area contributed by atoms with Crippen molar-refractivity contribution in [3.63, 3.8) is 0 Å². The first kappa shape index (κ1) is 14.7. The van der Waals surface area contributed by atoms with Gasteiger partial charge in [0.05, 0.1) is 18.6 Å². The number of hydrogen-bond donors (Lipinski definition) is 2. The highest BCUT2D eigenvalue weighted by atomic mass is 35.5. The lowest BCUT2D eigenvalue weighted by Gasteiger charge is -2.28.